The monoisotopic (exact) mass is 244 g/mol. The maximum Gasteiger partial charge on any atom is 0.330 e. The number of aliphatic carboxylic acids is 1. The Kier molecular flexibility index (Phi) is 13.5. The van der Waals surface area contributed by atoms with E-state index in [0.29, 0.717) is 6.61 Å². The number of carbonyl (C=O) groups is 2. The van der Waals surface area contributed by atoms with Crippen LogP contribution in [-0.4, -0.2) is 23.7 Å². The van der Waals surface area contributed by atoms with Gasteiger partial charge in [0, 0.05) is 13.0 Å². The highest BCUT2D eigenvalue weighted by molar-refractivity contribution is 5.81. The summed E-state index contributed by atoms with van der Waals surface area (Å²) in [4.78, 5) is 19.6. The van der Waals surface area contributed by atoms with E-state index >= 15 is 0 Å². The van der Waals surface area contributed by atoms with E-state index in [1.807, 2.05) is 0 Å². The number of carbonyl (C=O) groups excluding carboxylic acids is 1. The zero-order valence-electron chi connectivity index (χ0n) is 11.1. The highest BCUT2D eigenvalue weighted by Crippen LogP contribution is 2.07. The molecule has 17 heavy (non-hydrogen) atoms. The van der Waals surface area contributed by atoms with Crippen molar-refractivity contribution in [2.24, 2.45) is 5.92 Å². The van der Waals surface area contributed by atoms with Gasteiger partial charge in [0.15, 0.2) is 0 Å². The molecule has 0 atom stereocenters. The number of carboxylic acid groups (broad SMARTS) is 1. The first-order valence-electron chi connectivity index (χ1n) is 5.88. The van der Waals surface area contributed by atoms with Crippen LogP contribution >= 0.6 is 0 Å². The summed E-state index contributed by atoms with van der Waals surface area (Å²) in [6.07, 6.45) is 5.79. The summed E-state index contributed by atoms with van der Waals surface area (Å²) in [5, 5.41) is 7.42. The number of unbranched alkanes of at least 4 members (excludes halogenated alkanes) is 2. The fourth-order valence-corrected chi connectivity index (χ4v) is 1.06. The Morgan fingerprint density at radius 2 is 1.82 bits per heavy atom. The summed E-state index contributed by atoms with van der Waals surface area (Å²) < 4.78 is 4.84. The molecule has 0 amide bonds. The molecular weight excluding hydrogens is 220 g/mol. The van der Waals surface area contributed by atoms with E-state index in [1.54, 1.807) is 0 Å². The van der Waals surface area contributed by atoms with Crippen molar-refractivity contribution >= 4 is 11.9 Å². The molecule has 4 heteroatoms. The van der Waals surface area contributed by atoms with Gasteiger partial charge in [-0.3, -0.25) is 4.79 Å². The largest absolute Gasteiger partial charge is 0.481 e. The number of ether oxygens (including phenoxy) is 1. The second-order valence-electron chi connectivity index (χ2n) is 4.13. The number of hydrogen-bond donors (Lipinski definition) is 1. The van der Waals surface area contributed by atoms with Gasteiger partial charge in [0.05, 0.1) is 6.61 Å². The maximum absolute atomic E-state index is 10.6. The zero-order chi connectivity index (χ0) is 13.7. The Labute approximate surface area is 104 Å². The topological polar surface area (TPSA) is 63.6 Å². The molecule has 0 bridgehead atoms. The fraction of sp³-hybridized carbons (Fsp3) is 0.692. The number of hydrogen-bond acceptors (Lipinski definition) is 3. The second-order valence-corrected chi connectivity index (χ2v) is 4.13. The van der Waals surface area contributed by atoms with Crippen molar-refractivity contribution < 1.29 is 19.4 Å². The van der Waals surface area contributed by atoms with Crippen LogP contribution in [0.15, 0.2) is 12.7 Å². The lowest BCUT2D eigenvalue weighted by molar-refractivity contribution is -0.138. The molecule has 0 aromatic carbocycles. The fourth-order valence-electron chi connectivity index (χ4n) is 1.06. The van der Waals surface area contributed by atoms with Crippen LogP contribution in [0.5, 0.6) is 0 Å². The Morgan fingerprint density at radius 1 is 1.29 bits per heavy atom. The highest BCUT2D eigenvalue weighted by Gasteiger charge is 1.96. The van der Waals surface area contributed by atoms with E-state index in [4.69, 9.17) is 14.6 Å². The summed E-state index contributed by atoms with van der Waals surface area (Å²) in [5.41, 5.74) is 0. The van der Waals surface area contributed by atoms with Crippen LogP contribution in [0.1, 0.15) is 46.5 Å². The van der Waals surface area contributed by atoms with Gasteiger partial charge >= 0.3 is 5.97 Å². The molecule has 0 spiro atoms. The molecule has 4 nitrogen and oxygen atoms in total. The first-order valence-corrected chi connectivity index (χ1v) is 5.88. The van der Waals surface area contributed by atoms with Crippen molar-refractivity contribution in [1.29, 1.82) is 0 Å². The van der Waals surface area contributed by atoms with Crippen molar-refractivity contribution in [3.05, 3.63) is 12.7 Å². The average molecular weight is 244 g/mol. The summed E-state index contributed by atoms with van der Waals surface area (Å²) in [5.74, 6) is -0.375. The molecule has 0 radical (unpaired) electrons. The van der Waals surface area contributed by atoms with E-state index in [0.717, 1.165) is 25.7 Å². The van der Waals surface area contributed by atoms with E-state index in [9.17, 15) is 4.79 Å². The first-order chi connectivity index (χ1) is 7.90. The molecule has 0 aromatic heterocycles. The third kappa shape index (κ3) is 25.2. The van der Waals surface area contributed by atoms with Gasteiger partial charge in [-0.15, -0.1) is 0 Å². The molecule has 0 aromatic rings. The third-order valence-corrected chi connectivity index (χ3v) is 1.84. The minimum absolute atomic E-state index is 0.316. The van der Waals surface area contributed by atoms with Gasteiger partial charge in [-0.25, -0.2) is 4.79 Å². The zero-order valence-corrected chi connectivity index (χ0v) is 11.1. The summed E-state index contributed by atoms with van der Waals surface area (Å²) in [6.45, 7) is 9.38. The molecule has 0 aliphatic heterocycles. The van der Waals surface area contributed by atoms with Gasteiger partial charge in [0.25, 0.3) is 5.97 Å². The summed E-state index contributed by atoms with van der Waals surface area (Å²) >= 11 is 0. The Bertz CT molecular complexity index is 217. The molecule has 0 saturated carbocycles. The van der Waals surface area contributed by atoms with E-state index < -0.39 is 5.97 Å². The first kappa shape index (κ1) is 18.1. The maximum atomic E-state index is 10.6. The van der Waals surface area contributed by atoms with Gasteiger partial charge in [0.1, 0.15) is 0 Å². The molecule has 1 N–H and O–H groups in total. The predicted octanol–water partition coefficient (Wildman–Crippen LogP) is 3.02. The minimum atomic E-state index is -0.833. The van der Waals surface area contributed by atoms with Crippen LogP contribution < -0.4 is 0 Å². The lowest BCUT2D eigenvalue weighted by Gasteiger charge is -2.04. The van der Waals surface area contributed by atoms with Gasteiger partial charge in [0.2, 0.25) is 0 Å². The Balaban J connectivity index is 0. The molecular formula is C13H24O4. The van der Waals surface area contributed by atoms with Crippen LogP contribution in [0.2, 0.25) is 0 Å². The van der Waals surface area contributed by atoms with Crippen LogP contribution in [0.3, 0.4) is 0 Å². The van der Waals surface area contributed by atoms with Crippen LogP contribution in [0.25, 0.3) is 0 Å². The van der Waals surface area contributed by atoms with Crippen molar-refractivity contribution in [1.82, 2.24) is 0 Å². The van der Waals surface area contributed by atoms with E-state index in [-0.39, 0.29) is 5.97 Å². The van der Waals surface area contributed by atoms with Crippen molar-refractivity contribution in [3.8, 4) is 0 Å². The van der Waals surface area contributed by atoms with Crippen molar-refractivity contribution in [3.63, 3.8) is 0 Å². The molecule has 100 valence electrons. The highest BCUT2D eigenvalue weighted by atomic mass is 16.5. The summed E-state index contributed by atoms with van der Waals surface area (Å²) in [6, 6.07) is 0. The molecule has 0 aliphatic rings. The molecule has 0 fully saturated rings. The quantitative estimate of drug-likeness (QED) is 0.425. The number of carboxylic acids is 1. The average Bonchev–Trinajstić information content (AvgIpc) is 2.21. The Morgan fingerprint density at radius 3 is 2.24 bits per heavy atom. The lowest BCUT2D eigenvalue weighted by atomic mass is 10.1. The molecule has 0 aliphatic carbocycles. The van der Waals surface area contributed by atoms with Gasteiger partial charge in [-0.05, 0) is 12.3 Å². The molecule has 0 heterocycles. The van der Waals surface area contributed by atoms with Crippen LogP contribution in [-0.2, 0) is 14.3 Å². The van der Waals surface area contributed by atoms with Crippen LogP contribution in [0.4, 0.5) is 0 Å². The van der Waals surface area contributed by atoms with Gasteiger partial charge in [-0.2, -0.15) is 0 Å². The SMILES string of the molecule is C=CC(=O)OCCCCCC(C)C.CC(=O)O. The van der Waals surface area contributed by atoms with Crippen LogP contribution in [0, 0.1) is 5.92 Å². The van der Waals surface area contributed by atoms with E-state index in [1.165, 1.54) is 18.9 Å². The van der Waals surface area contributed by atoms with Crippen molar-refractivity contribution in [2.45, 2.75) is 46.5 Å². The van der Waals surface area contributed by atoms with Gasteiger partial charge < -0.3 is 9.84 Å². The number of rotatable bonds is 7. The molecule has 0 saturated heterocycles. The standard InChI is InChI=1S/C11H20O2.C2H4O2/c1-4-11(12)13-9-7-5-6-8-10(2)3;1-2(3)4/h4,10H,1,5-9H2,2-3H3;1H3,(H,3,4). The van der Waals surface area contributed by atoms with Gasteiger partial charge in [-0.1, -0.05) is 39.7 Å². The normalized spacial score (nSPS) is 9.18. The summed E-state index contributed by atoms with van der Waals surface area (Å²) in [7, 11) is 0. The predicted molar refractivity (Wildman–Crippen MR) is 67.8 cm³/mol. The molecule has 0 rings (SSSR count). The smallest absolute Gasteiger partial charge is 0.330 e. The van der Waals surface area contributed by atoms with Crippen molar-refractivity contribution in [2.75, 3.05) is 6.61 Å². The lowest BCUT2D eigenvalue weighted by Crippen LogP contribution is -2.01. The minimum Gasteiger partial charge on any atom is -0.481 e. The van der Waals surface area contributed by atoms with E-state index in [2.05, 4.69) is 20.4 Å². The third-order valence-electron chi connectivity index (χ3n) is 1.84. The number of esters is 1. The second kappa shape index (κ2) is 12.7. The molecule has 0 unspecified atom stereocenters. The Hall–Kier alpha value is -1.32.